The minimum atomic E-state index is 0. The number of aryl methyl sites for hydroxylation is 1. The Morgan fingerprint density at radius 2 is 1.94 bits per heavy atom. The Morgan fingerprint density at radius 3 is 2.71 bits per heavy atom. The van der Waals surface area contributed by atoms with E-state index in [1.807, 2.05) is 0 Å². The highest BCUT2D eigenvalue weighted by Crippen LogP contribution is 2.31. The number of aromatic amines is 1. The third-order valence-corrected chi connectivity index (χ3v) is 3.65. The summed E-state index contributed by atoms with van der Waals surface area (Å²) in [6.45, 7) is 4.48. The molecule has 0 unspecified atom stereocenters. The first-order valence-corrected chi connectivity index (χ1v) is 6.13. The number of halogens is 1. The fraction of sp³-hybridized carbons (Fsp3) is 0.429. The highest BCUT2D eigenvalue weighted by Gasteiger charge is 2.18. The van der Waals surface area contributed by atoms with Crippen LogP contribution in [0.5, 0.6) is 0 Å². The predicted octanol–water partition coefficient (Wildman–Crippen LogP) is 3.37. The van der Waals surface area contributed by atoms with Gasteiger partial charge in [0.05, 0.1) is 0 Å². The maximum absolute atomic E-state index is 3.43. The van der Waals surface area contributed by atoms with Crippen LogP contribution in [-0.2, 0) is 0 Å². The van der Waals surface area contributed by atoms with Crippen molar-refractivity contribution in [1.29, 1.82) is 0 Å². The van der Waals surface area contributed by atoms with E-state index in [0.717, 1.165) is 19.0 Å². The molecule has 1 aromatic carbocycles. The number of piperidine rings is 1. The molecule has 3 rings (SSSR count). The van der Waals surface area contributed by atoms with E-state index >= 15 is 0 Å². The summed E-state index contributed by atoms with van der Waals surface area (Å²) < 4.78 is 0. The Morgan fingerprint density at radius 1 is 1.18 bits per heavy atom. The molecule has 2 N–H and O–H groups in total. The lowest BCUT2D eigenvalue weighted by molar-refractivity contribution is 0.462. The predicted molar refractivity (Wildman–Crippen MR) is 75.1 cm³/mol. The van der Waals surface area contributed by atoms with Crippen molar-refractivity contribution in [3.05, 3.63) is 35.5 Å². The van der Waals surface area contributed by atoms with Crippen molar-refractivity contribution in [2.45, 2.75) is 25.7 Å². The molecule has 17 heavy (non-hydrogen) atoms. The topological polar surface area (TPSA) is 27.8 Å². The fourth-order valence-electron chi connectivity index (χ4n) is 2.73. The second kappa shape index (κ2) is 5.11. The van der Waals surface area contributed by atoms with Crippen LogP contribution in [0.4, 0.5) is 0 Å². The van der Waals surface area contributed by atoms with Crippen molar-refractivity contribution >= 4 is 23.3 Å². The minimum Gasteiger partial charge on any atom is -0.361 e. The molecule has 0 saturated carbocycles. The summed E-state index contributed by atoms with van der Waals surface area (Å²) in [4.78, 5) is 3.39. The number of fused-ring (bicyclic) bond motifs is 1. The molecule has 1 aliphatic heterocycles. The third-order valence-electron chi connectivity index (χ3n) is 3.65. The van der Waals surface area contributed by atoms with Crippen LogP contribution >= 0.6 is 12.4 Å². The minimum absolute atomic E-state index is 0. The molecule has 1 saturated heterocycles. The number of H-pyrrole nitrogens is 1. The van der Waals surface area contributed by atoms with Gasteiger partial charge in [-0.15, -0.1) is 12.4 Å². The first-order chi connectivity index (χ1) is 7.84. The smallest absolute Gasteiger partial charge is 0.0457 e. The van der Waals surface area contributed by atoms with Gasteiger partial charge in [-0.3, -0.25) is 0 Å². The molecular weight excluding hydrogens is 232 g/mol. The van der Waals surface area contributed by atoms with E-state index in [0.29, 0.717) is 0 Å². The van der Waals surface area contributed by atoms with Crippen LogP contribution in [-0.4, -0.2) is 18.1 Å². The van der Waals surface area contributed by atoms with Gasteiger partial charge < -0.3 is 10.3 Å². The van der Waals surface area contributed by atoms with Crippen LogP contribution in [0, 0.1) is 6.92 Å². The maximum atomic E-state index is 3.43. The van der Waals surface area contributed by atoms with Gasteiger partial charge in [-0.05, 0) is 56.5 Å². The zero-order chi connectivity index (χ0) is 11.0. The molecule has 1 fully saturated rings. The van der Waals surface area contributed by atoms with Crippen molar-refractivity contribution in [3.63, 3.8) is 0 Å². The van der Waals surface area contributed by atoms with E-state index in [2.05, 4.69) is 41.6 Å². The van der Waals surface area contributed by atoms with E-state index in [4.69, 9.17) is 0 Å². The average Bonchev–Trinajstić information content (AvgIpc) is 2.73. The Balaban J connectivity index is 0.00000108. The summed E-state index contributed by atoms with van der Waals surface area (Å²) in [6, 6.07) is 6.67. The highest BCUT2D eigenvalue weighted by atomic mass is 35.5. The molecule has 2 aromatic rings. The monoisotopic (exact) mass is 250 g/mol. The molecule has 3 heteroatoms. The van der Waals surface area contributed by atoms with E-state index in [1.165, 1.54) is 34.9 Å². The quantitative estimate of drug-likeness (QED) is 0.798. The van der Waals surface area contributed by atoms with Crippen LogP contribution in [0.2, 0.25) is 0 Å². The number of hydrogen-bond donors (Lipinski definition) is 2. The number of aromatic nitrogens is 1. The van der Waals surface area contributed by atoms with Gasteiger partial charge in [0, 0.05) is 17.1 Å². The summed E-state index contributed by atoms with van der Waals surface area (Å²) in [5, 5.41) is 4.85. The molecule has 0 aliphatic carbocycles. The van der Waals surface area contributed by atoms with Crippen LogP contribution in [0.25, 0.3) is 10.9 Å². The first-order valence-electron chi connectivity index (χ1n) is 6.13. The lowest BCUT2D eigenvalue weighted by atomic mass is 9.90. The summed E-state index contributed by atoms with van der Waals surface area (Å²) in [5.74, 6) is 0.733. The SMILES string of the molecule is Cc1ccc2[nH]cc(C3CCNCC3)c2c1.Cl. The molecular formula is C14H19ClN2. The Bertz CT molecular complexity index is 498. The van der Waals surface area contributed by atoms with Crippen molar-refractivity contribution in [2.75, 3.05) is 13.1 Å². The second-order valence-corrected chi connectivity index (χ2v) is 4.82. The Labute approximate surface area is 108 Å². The van der Waals surface area contributed by atoms with Gasteiger partial charge >= 0.3 is 0 Å². The highest BCUT2D eigenvalue weighted by molar-refractivity contribution is 5.85. The maximum Gasteiger partial charge on any atom is 0.0457 e. The van der Waals surface area contributed by atoms with Gasteiger partial charge in [0.2, 0.25) is 0 Å². The molecule has 0 amide bonds. The van der Waals surface area contributed by atoms with E-state index in [9.17, 15) is 0 Å². The summed E-state index contributed by atoms with van der Waals surface area (Å²) in [6.07, 6.45) is 4.74. The largest absolute Gasteiger partial charge is 0.361 e. The molecule has 0 atom stereocenters. The van der Waals surface area contributed by atoms with Gasteiger partial charge in [-0.2, -0.15) is 0 Å². The number of hydrogen-bond acceptors (Lipinski definition) is 1. The standard InChI is InChI=1S/C14H18N2.ClH/c1-10-2-3-14-12(8-10)13(9-16-14)11-4-6-15-7-5-11;/h2-3,8-9,11,15-16H,4-7H2,1H3;1H. The molecule has 0 spiro atoms. The summed E-state index contributed by atoms with van der Waals surface area (Å²) >= 11 is 0. The molecule has 2 heterocycles. The summed E-state index contributed by atoms with van der Waals surface area (Å²) in [7, 11) is 0. The lowest BCUT2D eigenvalue weighted by Crippen LogP contribution is -2.26. The average molecular weight is 251 g/mol. The number of rotatable bonds is 1. The number of nitrogens with one attached hydrogen (secondary N) is 2. The van der Waals surface area contributed by atoms with Gasteiger partial charge in [0.25, 0.3) is 0 Å². The van der Waals surface area contributed by atoms with E-state index < -0.39 is 0 Å². The molecule has 0 bridgehead atoms. The molecule has 2 nitrogen and oxygen atoms in total. The zero-order valence-electron chi connectivity index (χ0n) is 10.1. The number of benzene rings is 1. The normalized spacial score (nSPS) is 17.0. The van der Waals surface area contributed by atoms with Crippen LogP contribution in [0.3, 0.4) is 0 Å². The van der Waals surface area contributed by atoms with Crippen LogP contribution < -0.4 is 5.32 Å². The van der Waals surface area contributed by atoms with Gasteiger partial charge in [0.15, 0.2) is 0 Å². The first kappa shape index (κ1) is 12.5. The molecule has 0 radical (unpaired) electrons. The van der Waals surface area contributed by atoms with Crippen LogP contribution in [0.1, 0.15) is 29.9 Å². The summed E-state index contributed by atoms with van der Waals surface area (Å²) in [5.41, 5.74) is 4.14. The van der Waals surface area contributed by atoms with Crippen molar-refractivity contribution in [2.24, 2.45) is 0 Å². The van der Waals surface area contributed by atoms with Gasteiger partial charge in [-0.25, -0.2) is 0 Å². The molecule has 92 valence electrons. The van der Waals surface area contributed by atoms with Gasteiger partial charge in [0.1, 0.15) is 0 Å². The van der Waals surface area contributed by atoms with Crippen molar-refractivity contribution in [1.82, 2.24) is 10.3 Å². The second-order valence-electron chi connectivity index (χ2n) is 4.82. The Kier molecular flexibility index (Phi) is 3.75. The van der Waals surface area contributed by atoms with Crippen molar-refractivity contribution < 1.29 is 0 Å². The van der Waals surface area contributed by atoms with Crippen molar-refractivity contribution in [3.8, 4) is 0 Å². The molecule has 1 aromatic heterocycles. The lowest BCUT2D eigenvalue weighted by Gasteiger charge is -2.22. The van der Waals surface area contributed by atoms with Gasteiger partial charge in [-0.1, -0.05) is 11.6 Å². The van der Waals surface area contributed by atoms with Crippen LogP contribution in [0.15, 0.2) is 24.4 Å². The Hall–Kier alpha value is -0.990. The van der Waals surface area contributed by atoms with E-state index in [1.54, 1.807) is 0 Å². The third kappa shape index (κ3) is 2.33. The van der Waals surface area contributed by atoms with E-state index in [-0.39, 0.29) is 12.4 Å². The zero-order valence-corrected chi connectivity index (χ0v) is 10.9. The fourth-order valence-corrected chi connectivity index (χ4v) is 2.73. The molecule has 1 aliphatic rings.